The van der Waals surface area contributed by atoms with Crippen LogP contribution in [0.3, 0.4) is 0 Å². The molecule has 1 atom stereocenters. The van der Waals surface area contributed by atoms with E-state index in [1.165, 1.54) is 4.90 Å². The smallest absolute Gasteiger partial charge is 0.323 e. The molecule has 0 rings (SSSR count). The lowest BCUT2D eigenvalue weighted by atomic mass is 10.1. The number of carbonyl (C=O) groups is 2. The predicted octanol–water partition coefficient (Wildman–Crippen LogP) is 1.68. The summed E-state index contributed by atoms with van der Waals surface area (Å²) in [6, 6.07) is -0.282. The maximum Gasteiger partial charge on any atom is 0.323 e. The van der Waals surface area contributed by atoms with E-state index in [0.29, 0.717) is 0 Å². The molecule has 0 radical (unpaired) electrons. The topological polar surface area (TPSA) is 69.6 Å². The van der Waals surface area contributed by atoms with E-state index in [2.05, 4.69) is 5.32 Å². The number of hydrogen-bond donors (Lipinski definition) is 2. The Hall–Kier alpha value is -1.26. The van der Waals surface area contributed by atoms with Gasteiger partial charge in [0.15, 0.2) is 0 Å². The fourth-order valence-corrected chi connectivity index (χ4v) is 1.14. The van der Waals surface area contributed by atoms with Crippen molar-refractivity contribution in [2.45, 2.75) is 52.6 Å². The first kappa shape index (κ1) is 14.7. The molecular formula is C11H22N2O3. The zero-order valence-electron chi connectivity index (χ0n) is 10.7. The van der Waals surface area contributed by atoms with E-state index in [1.54, 1.807) is 0 Å². The van der Waals surface area contributed by atoms with Crippen molar-refractivity contribution in [3.05, 3.63) is 0 Å². The molecule has 0 aliphatic rings. The maximum atomic E-state index is 11.8. The van der Waals surface area contributed by atoms with Gasteiger partial charge in [0.25, 0.3) is 0 Å². The van der Waals surface area contributed by atoms with Crippen LogP contribution in [0.1, 0.15) is 41.0 Å². The molecule has 0 aromatic rings. The van der Waals surface area contributed by atoms with Crippen LogP contribution in [0.15, 0.2) is 0 Å². The first-order valence-corrected chi connectivity index (χ1v) is 5.48. The lowest BCUT2D eigenvalue weighted by Crippen LogP contribution is -2.53. The second-order valence-electron chi connectivity index (χ2n) is 4.91. The Bertz CT molecular complexity index is 258. The van der Waals surface area contributed by atoms with Crippen LogP contribution < -0.4 is 5.32 Å². The highest BCUT2D eigenvalue weighted by molar-refractivity contribution is 5.80. The SMILES string of the molecule is CCC(C)NC(=O)N(CC(=O)O)C(C)(C)C. The van der Waals surface area contributed by atoms with Crippen LogP contribution in [0.25, 0.3) is 0 Å². The summed E-state index contributed by atoms with van der Waals surface area (Å²) in [4.78, 5) is 23.9. The molecule has 2 amide bonds. The highest BCUT2D eigenvalue weighted by atomic mass is 16.4. The third-order valence-corrected chi connectivity index (χ3v) is 2.33. The van der Waals surface area contributed by atoms with Crippen LogP contribution in [-0.2, 0) is 4.79 Å². The highest BCUT2D eigenvalue weighted by Gasteiger charge is 2.28. The molecule has 1 unspecified atom stereocenters. The third-order valence-electron chi connectivity index (χ3n) is 2.33. The number of nitrogens with zero attached hydrogens (tertiary/aromatic N) is 1. The Morgan fingerprint density at radius 3 is 2.19 bits per heavy atom. The number of aliphatic carboxylic acids is 1. The van der Waals surface area contributed by atoms with Gasteiger partial charge in [-0.3, -0.25) is 4.79 Å². The summed E-state index contributed by atoms with van der Waals surface area (Å²) in [6.07, 6.45) is 0.816. The zero-order chi connectivity index (χ0) is 12.9. The minimum Gasteiger partial charge on any atom is -0.480 e. The summed E-state index contributed by atoms with van der Waals surface area (Å²) in [5, 5.41) is 11.5. The Labute approximate surface area is 96.8 Å². The number of carboxylic acid groups (broad SMARTS) is 1. The highest BCUT2D eigenvalue weighted by Crippen LogP contribution is 2.13. The first-order chi connectivity index (χ1) is 7.18. The van der Waals surface area contributed by atoms with E-state index >= 15 is 0 Å². The van der Waals surface area contributed by atoms with Gasteiger partial charge in [-0.1, -0.05) is 6.92 Å². The Morgan fingerprint density at radius 1 is 1.38 bits per heavy atom. The molecule has 0 saturated carbocycles. The van der Waals surface area contributed by atoms with Crippen LogP contribution in [-0.4, -0.2) is 40.1 Å². The summed E-state index contributed by atoms with van der Waals surface area (Å²) in [5.74, 6) is -1.01. The van der Waals surface area contributed by atoms with Crippen molar-refractivity contribution < 1.29 is 14.7 Å². The Balaban J connectivity index is 4.64. The maximum absolute atomic E-state index is 11.8. The molecule has 0 bridgehead atoms. The number of hydrogen-bond acceptors (Lipinski definition) is 2. The second-order valence-corrected chi connectivity index (χ2v) is 4.91. The fraction of sp³-hybridized carbons (Fsp3) is 0.818. The molecule has 0 heterocycles. The van der Waals surface area contributed by atoms with Gasteiger partial charge in [-0.25, -0.2) is 4.79 Å². The summed E-state index contributed by atoms with van der Waals surface area (Å²) in [6.45, 7) is 9.00. The predicted molar refractivity (Wildman–Crippen MR) is 62.4 cm³/mol. The molecule has 0 aromatic carbocycles. The number of nitrogens with one attached hydrogen (secondary N) is 1. The largest absolute Gasteiger partial charge is 0.480 e. The molecule has 0 aromatic heterocycles. The van der Waals surface area contributed by atoms with Gasteiger partial charge in [-0.2, -0.15) is 0 Å². The molecule has 0 spiro atoms. The van der Waals surface area contributed by atoms with Gasteiger partial charge in [0.2, 0.25) is 0 Å². The third kappa shape index (κ3) is 5.00. The van der Waals surface area contributed by atoms with Gasteiger partial charge >= 0.3 is 12.0 Å². The van der Waals surface area contributed by atoms with Gasteiger partial charge < -0.3 is 15.3 Å². The average molecular weight is 230 g/mol. The molecule has 0 aliphatic heterocycles. The lowest BCUT2D eigenvalue weighted by Gasteiger charge is -2.35. The van der Waals surface area contributed by atoms with Crippen LogP contribution in [0.2, 0.25) is 0 Å². The minimum atomic E-state index is -1.01. The standard InChI is InChI=1S/C11H22N2O3/c1-6-8(2)12-10(16)13(7-9(14)15)11(3,4)5/h8H,6-7H2,1-5H3,(H,12,16)(H,14,15). The molecule has 0 saturated heterocycles. The van der Waals surface area contributed by atoms with Crippen LogP contribution in [0.4, 0.5) is 4.79 Å². The Morgan fingerprint density at radius 2 is 1.88 bits per heavy atom. The number of amides is 2. The van der Waals surface area contributed by atoms with Crippen LogP contribution in [0, 0.1) is 0 Å². The van der Waals surface area contributed by atoms with E-state index in [4.69, 9.17) is 5.11 Å². The van der Waals surface area contributed by atoms with Gasteiger partial charge in [-0.05, 0) is 34.1 Å². The number of rotatable bonds is 4. The number of carbonyl (C=O) groups excluding carboxylic acids is 1. The summed E-state index contributed by atoms with van der Waals surface area (Å²) in [5.41, 5.74) is -0.504. The lowest BCUT2D eigenvalue weighted by molar-refractivity contribution is -0.138. The minimum absolute atomic E-state index is 0.0474. The van der Waals surface area contributed by atoms with Crippen molar-refractivity contribution in [3.63, 3.8) is 0 Å². The number of carboxylic acids is 1. The molecule has 16 heavy (non-hydrogen) atoms. The van der Waals surface area contributed by atoms with Crippen LogP contribution in [0.5, 0.6) is 0 Å². The molecule has 0 fully saturated rings. The van der Waals surface area contributed by atoms with Gasteiger partial charge in [0, 0.05) is 11.6 Å². The molecule has 5 heteroatoms. The summed E-state index contributed by atoms with van der Waals surface area (Å²) in [7, 11) is 0. The second kappa shape index (κ2) is 5.72. The molecule has 5 nitrogen and oxygen atoms in total. The first-order valence-electron chi connectivity index (χ1n) is 5.48. The molecular weight excluding hydrogens is 208 g/mol. The van der Waals surface area contributed by atoms with Crippen molar-refractivity contribution in [2.24, 2.45) is 0 Å². The fourth-order valence-electron chi connectivity index (χ4n) is 1.14. The van der Waals surface area contributed by atoms with E-state index in [9.17, 15) is 9.59 Å². The Kier molecular flexibility index (Phi) is 5.27. The van der Waals surface area contributed by atoms with E-state index in [-0.39, 0.29) is 18.6 Å². The normalized spacial score (nSPS) is 13.1. The van der Waals surface area contributed by atoms with E-state index in [1.807, 2.05) is 34.6 Å². The molecule has 0 aliphatic carbocycles. The molecule has 94 valence electrons. The van der Waals surface area contributed by atoms with Crippen LogP contribution >= 0.6 is 0 Å². The van der Waals surface area contributed by atoms with Crippen molar-refractivity contribution >= 4 is 12.0 Å². The quantitative estimate of drug-likeness (QED) is 0.772. The van der Waals surface area contributed by atoms with Crippen molar-refractivity contribution in [1.29, 1.82) is 0 Å². The van der Waals surface area contributed by atoms with Crippen molar-refractivity contribution in [3.8, 4) is 0 Å². The molecule has 2 N–H and O–H groups in total. The summed E-state index contributed by atoms with van der Waals surface area (Å²) < 4.78 is 0. The van der Waals surface area contributed by atoms with Gasteiger partial charge in [-0.15, -0.1) is 0 Å². The van der Waals surface area contributed by atoms with Gasteiger partial charge in [0.1, 0.15) is 6.54 Å². The van der Waals surface area contributed by atoms with E-state index in [0.717, 1.165) is 6.42 Å². The summed E-state index contributed by atoms with van der Waals surface area (Å²) >= 11 is 0. The van der Waals surface area contributed by atoms with E-state index < -0.39 is 11.5 Å². The van der Waals surface area contributed by atoms with Crippen molar-refractivity contribution in [1.82, 2.24) is 10.2 Å². The zero-order valence-corrected chi connectivity index (χ0v) is 10.7. The monoisotopic (exact) mass is 230 g/mol. The average Bonchev–Trinajstić information content (AvgIpc) is 2.11. The number of urea groups is 1. The van der Waals surface area contributed by atoms with Gasteiger partial charge in [0.05, 0.1) is 0 Å². The van der Waals surface area contributed by atoms with Crippen molar-refractivity contribution in [2.75, 3.05) is 6.54 Å².